The molecule has 3 saturated carbocycles. The van der Waals surface area contributed by atoms with Gasteiger partial charge in [-0.05, 0) is 70.1 Å². The Morgan fingerprint density at radius 1 is 1.06 bits per heavy atom. The van der Waals surface area contributed by atoms with Gasteiger partial charge >= 0.3 is 0 Å². The SMILES string of the molecule is CC1CNC(C)(C2CC2)CN1C(C1CC1)C1CC1. The van der Waals surface area contributed by atoms with Gasteiger partial charge in [-0.25, -0.2) is 0 Å². The molecule has 2 atom stereocenters. The van der Waals surface area contributed by atoms with Gasteiger partial charge in [-0.2, -0.15) is 0 Å². The number of nitrogens with zero attached hydrogens (tertiary/aromatic N) is 1. The Morgan fingerprint density at radius 2 is 1.67 bits per heavy atom. The zero-order valence-corrected chi connectivity index (χ0v) is 12.0. The molecular weight excluding hydrogens is 220 g/mol. The first-order valence-corrected chi connectivity index (χ1v) is 8.18. The molecule has 4 fully saturated rings. The molecule has 2 unspecified atom stereocenters. The standard InChI is InChI=1S/C16H28N2/c1-11-9-17-16(2,14-7-8-14)10-18(11)15(12-3-4-12)13-5-6-13/h11-15,17H,3-10H2,1-2H3. The van der Waals surface area contributed by atoms with Crippen molar-refractivity contribution in [3.05, 3.63) is 0 Å². The van der Waals surface area contributed by atoms with E-state index < -0.39 is 0 Å². The molecule has 4 rings (SSSR count). The molecule has 1 N–H and O–H groups in total. The fourth-order valence-corrected chi connectivity index (χ4v) is 4.28. The molecule has 0 radical (unpaired) electrons. The Hall–Kier alpha value is -0.0800. The molecule has 1 aliphatic heterocycles. The fraction of sp³-hybridized carbons (Fsp3) is 1.00. The normalized spacial score (nSPS) is 42.5. The van der Waals surface area contributed by atoms with Gasteiger partial charge in [0.1, 0.15) is 0 Å². The third-order valence-electron chi connectivity index (χ3n) is 5.95. The predicted octanol–water partition coefficient (Wildman–Crippen LogP) is 2.64. The maximum absolute atomic E-state index is 3.87. The highest BCUT2D eigenvalue weighted by Crippen LogP contribution is 2.49. The van der Waals surface area contributed by atoms with Crippen LogP contribution in [0.25, 0.3) is 0 Å². The van der Waals surface area contributed by atoms with Crippen LogP contribution in [0, 0.1) is 17.8 Å². The first kappa shape index (κ1) is 11.7. The second-order valence-corrected chi connectivity index (χ2v) is 7.76. The van der Waals surface area contributed by atoms with E-state index in [0.717, 1.165) is 29.8 Å². The molecule has 0 amide bonds. The van der Waals surface area contributed by atoms with E-state index in [1.54, 1.807) is 0 Å². The van der Waals surface area contributed by atoms with Gasteiger partial charge in [0.2, 0.25) is 0 Å². The van der Waals surface area contributed by atoms with Crippen molar-refractivity contribution in [2.24, 2.45) is 17.8 Å². The van der Waals surface area contributed by atoms with Crippen molar-refractivity contribution in [3.8, 4) is 0 Å². The Balaban J connectivity index is 1.53. The van der Waals surface area contributed by atoms with E-state index >= 15 is 0 Å². The first-order valence-electron chi connectivity index (χ1n) is 8.18. The molecule has 0 aromatic heterocycles. The van der Waals surface area contributed by atoms with Gasteiger partial charge in [0.05, 0.1) is 0 Å². The van der Waals surface area contributed by atoms with Crippen LogP contribution in [0.2, 0.25) is 0 Å². The summed E-state index contributed by atoms with van der Waals surface area (Å²) in [5, 5.41) is 3.87. The van der Waals surface area contributed by atoms with Crippen LogP contribution in [0.5, 0.6) is 0 Å². The number of hydrogen-bond donors (Lipinski definition) is 1. The average Bonchev–Trinajstić information content (AvgIpc) is 3.17. The fourth-order valence-electron chi connectivity index (χ4n) is 4.28. The van der Waals surface area contributed by atoms with E-state index in [1.807, 2.05) is 0 Å². The van der Waals surface area contributed by atoms with Crippen LogP contribution in [0.4, 0.5) is 0 Å². The molecular formula is C16H28N2. The van der Waals surface area contributed by atoms with Crippen molar-refractivity contribution in [2.75, 3.05) is 13.1 Å². The highest BCUT2D eigenvalue weighted by Gasteiger charge is 2.51. The second kappa shape index (κ2) is 3.96. The minimum Gasteiger partial charge on any atom is -0.308 e. The molecule has 0 aromatic carbocycles. The Bertz CT molecular complexity index is 318. The lowest BCUT2D eigenvalue weighted by atomic mass is 9.88. The van der Waals surface area contributed by atoms with Crippen molar-refractivity contribution < 1.29 is 0 Å². The molecule has 1 saturated heterocycles. The van der Waals surface area contributed by atoms with E-state index in [1.165, 1.54) is 51.6 Å². The summed E-state index contributed by atoms with van der Waals surface area (Å²) in [6.45, 7) is 7.46. The number of nitrogens with one attached hydrogen (secondary N) is 1. The molecule has 2 nitrogen and oxygen atoms in total. The van der Waals surface area contributed by atoms with E-state index in [-0.39, 0.29) is 0 Å². The first-order chi connectivity index (χ1) is 8.67. The number of hydrogen-bond acceptors (Lipinski definition) is 2. The van der Waals surface area contributed by atoms with Gasteiger partial charge in [-0.1, -0.05) is 0 Å². The molecule has 3 aliphatic carbocycles. The van der Waals surface area contributed by atoms with Gasteiger partial charge in [0.25, 0.3) is 0 Å². The largest absolute Gasteiger partial charge is 0.308 e. The monoisotopic (exact) mass is 248 g/mol. The summed E-state index contributed by atoms with van der Waals surface area (Å²) in [7, 11) is 0. The third kappa shape index (κ3) is 2.02. The van der Waals surface area contributed by atoms with E-state index in [4.69, 9.17) is 0 Å². The molecule has 0 aromatic rings. The maximum Gasteiger partial charge on any atom is 0.0309 e. The van der Waals surface area contributed by atoms with E-state index in [2.05, 4.69) is 24.1 Å². The zero-order chi connectivity index (χ0) is 12.3. The Kier molecular flexibility index (Phi) is 2.58. The summed E-state index contributed by atoms with van der Waals surface area (Å²) in [6.07, 6.45) is 8.97. The van der Waals surface area contributed by atoms with Gasteiger partial charge in [-0.3, -0.25) is 4.90 Å². The van der Waals surface area contributed by atoms with Crippen LogP contribution in [-0.2, 0) is 0 Å². The molecule has 0 bridgehead atoms. The summed E-state index contributed by atoms with van der Waals surface area (Å²) in [4.78, 5) is 2.92. The van der Waals surface area contributed by atoms with Crippen LogP contribution in [0.1, 0.15) is 52.4 Å². The molecule has 18 heavy (non-hydrogen) atoms. The highest BCUT2D eigenvalue weighted by atomic mass is 15.3. The van der Waals surface area contributed by atoms with E-state index in [0.29, 0.717) is 5.54 Å². The lowest BCUT2D eigenvalue weighted by Crippen LogP contribution is -2.65. The minimum atomic E-state index is 0.425. The van der Waals surface area contributed by atoms with Crippen molar-refractivity contribution in [1.29, 1.82) is 0 Å². The molecule has 0 spiro atoms. The number of piperazine rings is 1. The van der Waals surface area contributed by atoms with Crippen molar-refractivity contribution in [2.45, 2.75) is 70.0 Å². The third-order valence-corrected chi connectivity index (χ3v) is 5.95. The Labute approximate surface area is 111 Å². The van der Waals surface area contributed by atoms with Gasteiger partial charge in [0.15, 0.2) is 0 Å². The topological polar surface area (TPSA) is 15.3 Å². The maximum atomic E-state index is 3.87. The second-order valence-electron chi connectivity index (χ2n) is 7.76. The summed E-state index contributed by atoms with van der Waals surface area (Å²) < 4.78 is 0. The van der Waals surface area contributed by atoms with Crippen LogP contribution in [0.15, 0.2) is 0 Å². The molecule has 102 valence electrons. The molecule has 1 heterocycles. The van der Waals surface area contributed by atoms with Crippen molar-refractivity contribution in [3.63, 3.8) is 0 Å². The Morgan fingerprint density at radius 3 is 2.17 bits per heavy atom. The summed E-state index contributed by atoms with van der Waals surface area (Å²) >= 11 is 0. The molecule has 4 aliphatic rings. The van der Waals surface area contributed by atoms with Crippen molar-refractivity contribution >= 4 is 0 Å². The average molecular weight is 248 g/mol. The van der Waals surface area contributed by atoms with Gasteiger partial charge in [-0.15, -0.1) is 0 Å². The predicted molar refractivity (Wildman–Crippen MR) is 74.5 cm³/mol. The van der Waals surface area contributed by atoms with E-state index in [9.17, 15) is 0 Å². The summed E-state index contributed by atoms with van der Waals surface area (Å²) in [5.41, 5.74) is 0.425. The summed E-state index contributed by atoms with van der Waals surface area (Å²) in [5.74, 6) is 3.08. The zero-order valence-electron chi connectivity index (χ0n) is 12.0. The van der Waals surface area contributed by atoms with Crippen molar-refractivity contribution in [1.82, 2.24) is 10.2 Å². The van der Waals surface area contributed by atoms with Crippen LogP contribution in [-0.4, -0.2) is 35.6 Å². The lowest BCUT2D eigenvalue weighted by molar-refractivity contribution is 0.0289. The smallest absolute Gasteiger partial charge is 0.0309 e. The van der Waals surface area contributed by atoms with Crippen LogP contribution in [0.3, 0.4) is 0 Å². The van der Waals surface area contributed by atoms with Crippen LogP contribution < -0.4 is 5.32 Å². The lowest BCUT2D eigenvalue weighted by Gasteiger charge is -2.49. The quantitative estimate of drug-likeness (QED) is 0.823. The van der Waals surface area contributed by atoms with Gasteiger partial charge in [0, 0.05) is 30.7 Å². The van der Waals surface area contributed by atoms with Gasteiger partial charge < -0.3 is 5.32 Å². The molecule has 2 heteroatoms. The minimum absolute atomic E-state index is 0.425. The number of rotatable bonds is 4. The van der Waals surface area contributed by atoms with Crippen LogP contribution >= 0.6 is 0 Å². The highest BCUT2D eigenvalue weighted by molar-refractivity contribution is 5.08. The summed E-state index contributed by atoms with van der Waals surface area (Å²) in [6, 6.07) is 1.70.